The Balaban J connectivity index is 1.53. The number of nitrogens with zero attached hydrogens (tertiary/aromatic N) is 2. The fraction of sp³-hybridized carbons (Fsp3) is 0.375. The Bertz CT molecular complexity index is 540. The molecule has 0 bridgehead atoms. The van der Waals surface area contributed by atoms with Crippen molar-refractivity contribution in [3.63, 3.8) is 0 Å². The van der Waals surface area contributed by atoms with E-state index in [2.05, 4.69) is 21.4 Å². The van der Waals surface area contributed by atoms with Crippen LogP contribution in [0.1, 0.15) is 24.1 Å². The average molecular weight is 269 g/mol. The van der Waals surface area contributed by atoms with Crippen LogP contribution in [0.25, 0.3) is 0 Å². The molecule has 0 amide bonds. The average Bonchev–Trinajstić information content (AvgIpc) is 3.32. The molecule has 2 aromatic rings. The van der Waals surface area contributed by atoms with Gasteiger partial charge in [0.2, 0.25) is 5.88 Å². The quantitative estimate of drug-likeness (QED) is 0.838. The maximum Gasteiger partial charge on any atom is 0.217 e. The lowest BCUT2D eigenvalue weighted by Crippen LogP contribution is -2.16. The van der Waals surface area contributed by atoms with Gasteiger partial charge in [-0.2, -0.15) is 0 Å². The number of ether oxygens (including phenoxy) is 1. The van der Waals surface area contributed by atoms with Crippen LogP contribution >= 0.6 is 0 Å². The zero-order valence-corrected chi connectivity index (χ0v) is 11.5. The van der Waals surface area contributed by atoms with Crippen molar-refractivity contribution in [2.75, 3.05) is 6.61 Å². The summed E-state index contributed by atoms with van der Waals surface area (Å²) in [7, 11) is 0. The van der Waals surface area contributed by atoms with Gasteiger partial charge in [-0.15, -0.1) is 0 Å². The predicted molar refractivity (Wildman–Crippen MR) is 77.5 cm³/mol. The molecule has 3 rings (SSSR count). The first-order valence-corrected chi connectivity index (χ1v) is 7.12. The van der Waals surface area contributed by atoms with Gasteiger partial charge in [0.25, 0.3) is 0 Å². The molecular formula is C16H19N3O. The molecule has 4 heteroatoms. The van der Waals surface area contributed by atoms with Crippen LogP contribution in [-0.4, -0.2) is 22.6 Å². The van der Waals surface area contributed by atoms with E-state index in [4.69, 9.17) is 4.74 Å². The summed E-state index contributed by atoms with van der Waals surface area (Å²) in [5.74, 6) is 0.733. The van der Waals surface area contributed by atoms with E-state index in [0.29, 0.717) is 12.6 Å². The molecule has 4 nitrogen and oxygen atoms in total. The van der Waals surface area contributed by atoms with Gasteiger partial charge in [0.1, 0.15) is 0 Å². The summed E-state index contributed by atoms with van der Waals surface area (Å²) in [6.45, 7) is 1.43. The van der Waals surface area contributed by atoms with Crippen molar-refractivity contribution in [3.8, 4) is 5.88 Å². The minimum Gasteiger partial charge on any atom is -0.477 e. The molecule has 0 spiro atoms. The smallest absolute Gasteiger partial charge is 0.217 e. The number of hydrogen-bond donors (Lipinski definition) is 1. The molecule has 1 aliphatic rings. The van der Waals surface area contributed by atoms with Gasteiger partial charge >= 0.3 is 0 Å². The van der Waals surface area contributed by atoms with E-state index in [1.54, 1.807) is 12.4 Å². The van der Waals surface area contributed by atoms with Crippen LogP contribution in [0.15, 0.2) is 42.7 Å². The number of rotatable bonds is 7. The van der Waals surface area contributed by atoms with E-state index >= 15 is 0 Å². The summed E-state index contributed by atoms with van der Waals surface area (Å²) in [4.78, 5) is 8.61. The first-order valence-electron chi connectivity index (χ1n) is 7.12. The van der Waals surface area contributed by atoms with Crippen molar-refractivity contribution in [2.24, 2.45) is 0 Å². The molecule has 2 aromatic heterocycles. The molecule has 20 heavy (non-hydrogen) atoms. The highest BCUT2D eigenvalue weighted by molar-refractivity contribution is 5.25. The minimum absolute atomic E-state index is 0.602. The second-order valence-electron chi connectivity index (χ2n) is 5.04. The lowest BCUT2D eigenvalue weighted by atomic mass is 10.2. The molecule has 1 aliphatic carbocycles. The second-order valence-corrected chi connectivity index (χ2v) is 5.04. The van der Waals surface area contributed by atoms with Crippen molar-refractivity contribution in [1.29, 1.82) is 0 Å². The molecular weight excluding hydrogens is 250 g/mol. The molecule has 0 unspecified atom stereocenters. The van der Waals surface area contributed by atoms with Crippen LogP contribution in [-0.2, 0) is 13.0 Å². The van der Waals surface area contributed by atoms with E-state index in [0.717, 1.165) is 30.1 Å². The van der Waals surface area contributed by atoms with Gasteiger partial charge in [0.05, 0.1) is 6.61 Å². The highest BCUT2D eigenvalue weighted by Gasteiger charge is 2.20. The lowest BCUT2D eigenvalue weighted by molar-refractivity contribution is 0.303. The first-order chi connectivity index (χ1) is 9.92. The van der Waals surface area contributed by atoms with Crippen molar-refractivity contribution in [2.45, 2.75) is 31.8 Å². The van der Waals surface area contributed by atoms with Gasteiger partial charge in [-0.1, -0.05) is 12.1 Å². The number of hydrogen-bond acceptors (Lipinski definition) is 4. The third-order valence-corrected chi connectivity index (χ3v) is 3.33. The fourth-order valence-corrected chi connectivity index (χ4v) is 2.03. The van der Waals surface area contributed by atoms with Gasteiger partial charge in [0, 0.05) is 42.7 Å². The molecule has 1 saturated carbocycles. The SMILES string of the molecule is c1ccc(CCOc2ncccc2CNC2CC2)nc1. The van der Waals surface area contributed by atoms with E-state index in [-0.39, 0.29) is 0 Å². The topological polar surface area (TPSA) is 47.0 Å². The summed E-state index contributed by atoms with van der Waals surface area (Å²) in [5, 5.41) is 3.49. The Hall–Kier alpha value is -1.94. The summed E-state index contributed by atoms with van der Waals surface area (Å²) in [6.07, 6.45) is 6.96. The zero-order chi connectivity index (χ0) is 13.6. The first kappa shape index (κ1) is 13.1. The number of pyridine rings is 2. The van der Waals surface area contributed by atoms with Crippen molar-refractivity contribution in [3.05, 3.63) is 54.0 Å². The van der Waals surface area contributed by atoms with Crippen molar-refractivity contribution in [1.82, 2.24) is 15.3 Å². The summed E-state index contributed by atoms with van der Waals surface area (Å²) >= 11 is 0. The summed E-state index contributed by atoms with van der Waals surface area (Å²) < 4.78 is 5.80. The highest BCUT2D eigenvalue weighted by Crippen LogP contribution is 2.21. The fourth-order valence-electron chi connectivity index (χ4n) is 2.03. The van der Waals surface area contributed by atoms with E-state index in [1.165, 1.54) is 12.8 Å². The summed E-state index contributed by atoms with van der Waals surface area (Å²) in [5.41, 5.74) is 2.17. The van der Waals surface area contributed by atoms with Gasteiger partial charge in [-0.25, -0.2) is 4.98 Å². The van der Waals surface area contributed by atoms with Gasteiger partial charge in [0.15, 0.2) is 0 Å². The number of nitrogens with one attached hydrogen (secondary N) is 1. The number of aromatic nitrogens is 2. The Morgan fingerprint density at radius 3 is 2.80 bits per heavy atom. The van der Waals surface area contributed by atoms with Crippen LogP contribution in [0.5, 0.6) is 5.88 Å². The second kappa shape index (κ2) is 6.48. The standard InChI is InChI=1S/C16H19N3O/c1-2-9-17-14(5-1)8-11-20-16-13(4-3-10-18-16)12-19-15-6-7-15/h1-5,9-10,15,19H,6-8,11-12H2. The Labute approximate surface area is 119 Å². The van der Waals surface area contributed by atoms with Crippen molar-refractivity contribution >= 4 is 0 Å². The van der Waals surface area contributed by atoms with Gasteiger partial charge in [-0.05, 0) is 31.0 Å². The van der Waals surface area contributed by atoms with Crippen LogP contribution in [0.4, 0.5) is 0 Å². The van der Waals surface area contributed by atoms with Crippen LogP contribution < -0.4 is 10.1 Å². The Morgan fingerprint density at radius 2 is 2.00 bits per heavy atom. The van der Waals surface area contributed by atoms with E-state index < -0.39 is 0 Å². The zero-order valence-electron chi connectivity index (χ0n) is 11.5. The maximum absolute atomic E-state index is 5.80. The minimum atomic E-state index is 0.602. The molecule has 0 saturated heterocycles. The predicted octanol–water partition coefficient (Wildman–Crippen LogP) is 2.35. The molecule has 2 heterocycles. The molecule has 0 aromatic carbocycles. The third kappa shape index (κ3) is 3.78. The molecule has 0 radical (unpaired) electrons. The van der Waals surface area contributed by atoms with Crippen LogP contribution in [0, 0.1) is 0 Å². The molecule has 1 N–H and O–H groups in total. The Kier molecular flexibility index (Phi) is 4.23. The van der Waals surface area contributed by atoms with E-state index in [9.17, 15) is 0 Å². The molecule has 0 aliphatic heterocycles. The maximum atomic E-state index is 5.80. The molecule has 0 atom stereocenters. The van der Waals surface area contributed by atoms with E-state index in [1.807, 2.05) is 24.3 Å². The summed E-state index contributed by atoms with van der Waals surface area (Å²) in [6, 6.07) is 10.6. The molecule has 1 fully saturated rings. The molecule has 104 valence electrons. The largest absolute Gasteiger partial charge is 0.477 e. The van der Waals surface area contributed by atoms with Crippen LogP contribution in [0.3, 0.4) is 0 Å². The lowest BCUT2D eigenvalue weighted by Gasteiger charge is -2.10. The van der Waals surface area contributed by atoms with Gasteiger partial charge < -0.3 is 10.1 Å². The monoisotopic (exact) mass is 269 g/mol. The van der Waals surface area contributed by atoms with Crippen LogP contribution in [0.2, 0.25) is 0 Å². The normalized spacial score (nSPS) is 14.2. The highest BCUT2D eigenvalue weighted by atomic mass is 16.5. The Morgan fingerprint density at radius 1 is 1.10 bits per heavy atom. The third-order valence-electron chi connectivity index (χ3n) is 3.33. The van der Waals surface area contributed by atoms with Gasteiger partial charge in [-0.3, -0.25) is 4.98 Å². The van der Waals surface area contributed by atoms with Crippen molar-refractivity contribution < 1.29 is 4.74 Å².